The summed E-state index contributed by atoms with van der Waals surface area (Å²) in [5.41, 5.74) is 1.19. The third-order valence-corrected chi connectivity index (χ3v) is 7.79. The van der Waals surface area contributed by atoms with Crippen LogP contribution in [-0.2, 0) is 4.79 Å². The van der Waals surface area contributed by atoms with E-state index >= 15 is 0 Å². The van der Waals surface area contributed by atoms with E-state index in [1.165, 1.54) is 17.1 Å². The molecule has 1 aliphatic carbocycles. The van der Waals surface area contributed by atoms with E-state index in [0.717, 1.165) is 19.3 Å². The highest BCUT2D eigenvalue weighted by Crippen LogP contribution is 2.57. The van der Waals surface area contributed by atoms with E-state index in [0.29, 0.717) is 0 Å². The molecule has 2 atom stereocenters. The maximum atomic E-state index is 11.7. The summed E-state index contributed by atoms with van der Waals surface area (Å²) in [7, 11) is 0. The summed E-state index contributed by atoms with van der Waals surface area (Å²) in [4.78, 5) is 11.7. The lowest BCUT2D eigenvalue weighted by molar-refractivity contribution is -0.143. The lowest BCUT2D eigenvalue weighted by Gasteiger charge is -2.40. The van der Waals surface area contributed by atoms with Gasteiger partial charge in [0.1, 0.15) is 0 Å². The Hall–Kier alpha value is -0.610. The summed E-state index contributed by atoms with van der Waals surface area (Å²) >= 11 is 3.97. The van der Waals surface area contributed by atoms with Crippen LogP contribution in [0, 0.1) is 5.92 Å². The summed E-state index contributed by atoms with van der Waals surface area (Å²) in [6.45, 7) is 0. The maximum absolute atomic E-state index is 11.7. The smallest absolute Gasteiger partial charge is 0.307 e. The zero-order valence-corrected chi connectivity index (χ0v) is 12.4. The van der Waals surface area contributed by atoms with Crippen molar-refractivity contribution in [3.63, 3.8) is 0 Å². The molecule has 4 heteroatoms. The monoisotopic (exact) mass is 294 g/mol. The first-order chi connectivity index (χ1) is 9.20. The number of thioether (sulfide) groups is 2. The molecule has 2 aliphatic rings. The second-order valence-corrected chi connectivity index (χ2v) is 8.53. The number of carbonyl (C=O) groups is 1. The van der Waals surface area contributed by atoms with Crippen molar-refractivity contribution in [2.24, 2.45) is 5.92 Å². The third-order valence-electron chi connectivity index (χ3n) is 4.21. The fourth-order valence-corrected chi connectivity index (χ4v) is 6.64. The number of hydrogen-bond acceptors (Lipinski definition) is 3. The highest BCUT2D eigenvalue weighted by atomic mass is 32.2. The Labute approximate surface area is 122 Å². The first-order valence-corrected chi connectivity index (χ1v) is 8.73. The Morgan fingerprint density at radius 2 is 1.89 bits per heavy atom. The van der Waals surface area contributed by atoms with E-state index in [1.54, 1.807) is 0 Å². The van der Waals surface area contributed by atoms with Crippen LogP contribution in [0.3, 0.4) is 0 Å². The van der Waals surface area contributed by atoms with Gasteiger partial charge in [0.2, 0.25) is 0 Å². The molecule has 1 heterocycles. The Balaban J connectivity index is 1.84. The van der Waals surface area contributed by atoms with Crippen molar-refractivity contribution < 1.29 is 9.90 Å². The predicted octanol–water partition coefficient (Wildman–Crippen LogP) is 3.83. The van der Waals surface area contributed by atoms with Gasteiger partial charge in [-0.05, 0) is 30.7 Å². The van der Waals surface area contributed by atoms with Gasteiger partial charge in [-0.25, -0.2) is 0 Å². The van der Waals surface area contributed by atoms with Crippen molar-refractivity contribution in [3.05, 3.63) is 35.9 Å². The minimum absolute atomic E-state index is 0.186. The van der Waals surface area contributed by atoms with Crippen LogP contribution in [0.4, 0.5) is 0 Å². The third kappa shape index (κ3) is 2.65. The van der Waals surface area contributed by atoms with Crippen LogP contribution in [0.25, 0.3) is 0 Å². The molecule has 2 nitrogen and oxygen atoms in total. The van der Waals surface area contributed by atoms with Crippen molar-refractivity contribution >= 4 is 29.5 Å². The fraction of sp³-hybridized carbons (Fsp3) is 0.533. The second-order valence-electron chi connectivity index (χ2n) is 5.31. The highest BCUT2D eigenvalue weighted by Gasteiger charge is 2.46. The molecular formula is C15H18O2S2. The van der Waals surface area contributed by atoms with Gasteiger partial charge in [0.25, 0.3) is 0 Å². The van der Waals surface area contributed by atoms with E-state index in [1.807, 2.05) is 41.7 Å². The molecule has 0 radical (unpaired) electrons. The molecule has 1 N–H and O–H groups in total. The van der Waals surface area contributed by atoms with Gasteiger partial charge in [-0.2, -0.15) is 0 Å². The van der Waals surface area contributed by atoms with E-state index in [9.17, 15) is 9.90 Å². The molecule has 1 aromatic carbocycles. The molecule has 19 heavy (non-hydrogen) atoms. The number of carboxylic acids is 1. The normalized spacial score (nSPS) is 29.5. The van der Waals surface area contributed by atoms with Gasteiger partial charge < -0.3 is 5.11 Å². The Kier molecular flexibility index (Phi) is 3.81. The van der Waals surface area contributed by atoms with Crippen LogP contribution in [0.5, 0.6) is 0 Å². The molecule has 1 saturated carbocycles. The average molecular weight is 294 g/mol. The van der Waals surface area contributed by atoms with Crippen molar-refractivity contribution in [3.8, 4) is 0 Å². The molecule has 1 aromatic rings. The lowest BCUT2D eigenvalue weighted by atomic mass is 9.75. The molecule has 2 fully saturated rings. The van der Waals surface area contributed by atoms with Crippen LogP contribution in [0.1, 0.15) is 30.7 Å². The fourth-order valence-electron chi connectivity index (χ4n) is 3.27. The van der Waals surface area contributed by atoms with E-state index in [4.69, 9.17) is 0 Å². The number of hydrogen-bond donors (Lipinski definition) is 1. The van der Waals surface area contributed by atoms with Crippen LogP contribution in [0.2, 0.25) is 0 Å². The lowest BCUT2D eigenvalue weighted by Crippen LogP contribution is -2.36. The van der Waals surface area contributed by atoms with Gasteiger partial charge in [-0.1, -0.05) is 30.3 Å². The molecular weight excluding hydrogens is 276 g/mol. The first kappa shape index (κ1) is 13.4. The predicted molar refractivity (Wildman–Crippen MR) is 81.8 cm³/mol. The SMILES string of the molecule is O=C(O)[C@@H]1CC2(CC[C@H]1c1ccccc1)SCCS2. The summed E-state index contributed by atoms with van der Waals surface area (Å²) in [6.07, 6.45) is 2.96. The highest BCUT2D eigenvalue weighted by molar-refractivity contribution is 8.21. The van der Waals surface area contributed by atoms with E-state index in [-0.39, 0.29) is 15.9 Å². The largest absolute Gasteiger partial charge is 0.481 e. The van der Waals surface area contributed by atoms with Gasteiger partial charge >= 0.3 is 5.97 Å². The van der Waals surface area contributed by atoms with Gasteiger partial charge in [-0.3, -0.25) is 4.79 Å². The van der Waals surface area contributed by atoms with Gasteiger partial charge in [0.15, 0.2) is 0 Å². The Morgan fingerprint density at radius 1 is 1.21 bits per heavy atom. The van der Waals surface area contributed by atoms with Crippen molar-refractivity contribution in [2.45, 2.75) is 29.3 Å². The van der Waals surface area contributed by atoms with Crippen LogP contribution >= 0.6 is 23.5 Å². The molecule has 0 unspecified atom stereocenters. The molecule has 1 spiro atoms. The number of rotatable bonds is 2. The summed E-state index contributed by atoms with van der Waals surface area (Å²) in [6, 6.07) is 10.2. The number of benzene rings is 1. The standard InChI is InChI=1S/C15H18O2S2/c16-14(17)13-10-15(18-8-9-19-15)7-6-12(13)11-4-2-1-3-5-11/h1-5,12-13H,6-10H2,(H,16,17)/t12-,13+/m0/s1. The first-order valence-electron chi connectivity index (χ1n) is 6.76. The van der Waals surface area contributed by atoms with Gasteiger partial charge in [-0.15, -0.1) is 23.5 Å². The average Bonchev–Trinajstić information content (AvgIpc) is 2.88. The summed E-state index contributed by atoms with van der Waals surface area (Å²) < 4.78 is 0.189. The molecule has 102 valence electrons. The van der Waals surface area contributed by atoms with E-state index < -0.39 is 5.97 Å². The topological polar surface area (TPSA) is 37.3 Å². The Morgan fingerprint density at radius 3 is 2.53 bits per heavy atom. The maximum Gasteiger partial charge on any atom is 0.307 e. The molecule has 0 aromatic heterocycles. The molecule has 0 bridgehead atoms. The second kappa shape index (κ2) is 5.41. The Bertz CT molecular complexity index is 454. The number of aliphatic carboxylic acids is 1. The minimum atomic E-state index is -0.624. The zero-order chi connectivity index (χ0) is 13.3. The van der Waals surface area contributed by atoms with Crippen molar-refractivity contribution in [2.75, 3.05) is 11.5 Å². The van der Waals surface area contributed by atoms with Crippen LogP contribution < -0.4 is 0 Å². The molecule has 3 rings (SSSR count). The number of carboxylic acid groups (broad SMARTS) is 1. The van der Waals surface area contributed by atoms with Crippen molar-refractivity contribution in [1.82, 2.24) is 0 Å². The summed E-state index contributed by atoms with van der Waals surface area (Å²) in [5, 5.41) is 9.60. The van der Waals surface area contributed by atoms with Gasteiger partial charge in [0, 0.05) is 11.5 Å². The molecule has 0 amide bonds. The van der Waals surface area contributed by atoms with E-state index in [2.05, 4.69) is 12.1 Å². The zero-order valence-electron chi connectivity index (χ0n) is 10.7. The summed E-state index contributed by atoms with van der Waals surface area (Å²) in [5.74, 6) is 1.68. The molecule has 1 aliphatic heterocycles. The minimum Gasteiger partial charge on any atom is -0.481 e. The van der Waals surface area contributed by atoms with Crippen LogP contribution in [-0.4, -0.2) is 26.7 Å². The quantitative estimate of drug-likeness (QED) is 0.899. The van der Waals surface area contributed by atoms with Gasteiger partial charge in [0.05, 0.1) is 10.00 Å². The van der Waals surface area contributed by atoms with Crippen molar-refractivity contribution in [1.29, 1.82) is 0 Å². The molecule has 1 saturated heterocycles. The van der Waals surface area contributed by atoms with Crippen LogP contribution in [0.15, 0.2) is 30.3 Å².